The van der Waals surface area contributed by atoms with E-state index in [0.29, 0.717) is 12.1 Å². The number of aryl methyl sites for hydroxylation is 1. The number of hydrogen-bond donors (Lipinski definition) is 0. The Balaban J connectivity index is 2.10. The summed E-state index contributed by atoms with van der Waals surface area (Å²) >= 11 is 0. The number of ketones is 1. The highest BCUT2D eigenvalue weighted by Gasteiger charge is 2.18. The van der Waals surface area contributed by atoms with Crippen molar-refractivity contribution in [3.8, 4) is 0 Å². The number of nitrogens with zero attached hydrogens (tertiary/aromatic N) is 1. The maximum atomic E-state index is 13.1. The highest BCUT2D eigenvalue weighted by atomic mass is 19.1. The van der Waals surface area contributed by atoms with E-state index in [2.05, 4.69) is 4.90 Å². The van der Waals surface area contributed by atoms with Crippen molar-refractivity contribution in [3.63, 3.8) is 0 Å². The lowest BCUT2D eigenvalue weighted by molar-refractivity contribution is 0.0874. The van der Waals surface area contributed by atoms with Gasteiger partial charge in [-0.1, -0.05) is 0 Å². The third-order valence-electron chi connectivity index (χ3n) is 2.68. The minimum Gasteiger partial charge on any atom is -0.296 e. The standard InChI is InChI=1S/C12H14FNO/c1-9-5-10(7-11(13)6-9)12(15)8-14-3-2-4-14/h5-7H,2-4,8H2,1H3. The summed E-state index contributed by atoms with van der Waals surface area (Å²) in [5, 5.41) is 0. The Labute approximate surface area is 88.7 Å². The van der Waals surface area contributed by atoms with Crippen LogP contribution in [0.25, 0.3) is 0 Å². The second-order valence-electron chi connectivity index (χ2n) is 4.07. The molecule has 0 radical (unpaired) electrons. The number of benzene rings is 1. The third kappa shape index (κ3) is 2.42. The summed E-state index contributed by atoms with van der Waals surface area (Å²) in [6.07, 6.45) is 1.16. The summed E-state index contributed by atoms with van der Waals surface area (Å²) in [6.45, 7) is 4.19. The highest BCUT2D eigenvalue weighted by Crippen LogP contribution is 2.12. The Morgan fingerprint density at radius 1 is 1.40 bits per heavy atom. The van der Waals surface area contributed by atoms with E-state index < -0.39 is 0 Å². The summed E-state index contributed by atoms with van der Waals surface area (Å²) < 4.78 is 13.1. The van der Waals surface area contributed by atoms with E-state index >= 15 is 0 Å². The Morgan fingerprint density at radius 2 is 2.13 bits per heavy atom. The Kier molecular flexibility index (Phi) is 2.82. The smallest absolute Gasteiger partial charge is 0.176 e. The number of carbonyl (C=O) groups excluding carboxylic acids is 1. The van der Waals surface area contributed by atoms with E-state index in [1.54, 1.807) is 13.0 Å². The molecule has 3 heteroatoms. The maximum absolute atomic E-state index is 13.1. The predicted octanol–water partition coefficient (Wildman–Crippen LogP) is 2.02. The van der Waals surface area contributed by atoms with Gasteiger partial charge < -0.3 is 0 Å². The molecule has 1 saturated heterocycles. The molecule has 0 amide bonds. The van der Waals surface area contributed by atoms with Crippen molar-refractivity contribution in [2.24, 2.45) is 0 Å². The van der Waals surface area contributed by atoms with Crippen LogP contribution in [0.1, 0.15) is 22.3 Å². The van der Waals surface area contributed by atoms with Gasteiger partial charge in [0.05, 0.1) is 6.54 Å². The van der Waals surface area contributed by atoms with Crippen LogP contribution in [0.4, 0.5) is 4.39 Å². The van der Waals surface area contributed by atoms with Crippen molar-refractivity contribution < 1.29 is 9.18 Å². The van der Waals surface area contributed by atoms with Gasteiger partial charge in [0.2, 0.25) is 0 Å². The molecule has 80 valence electrons. The first kappa shape index (κ1) is 10.3. The summed E-state index contributed by atoms with van der Waals surface area (Å²) in [5.41, 5.74) is 1.28. The molecule has 1 fully saturated rings. The molecule has 1 aliphatic rings. The molecule has 0 saturated carbocycles. The van der Waals surface area contributed by atoms with Crippen molar-refractivity contribution in [1.29, 1.82) is 0 Å². The van der Waals surface area contributed by atoms with Crippen LogP contribution in [0.5, 0.6) is 0 Å². The van der Waals surface area contributed by atoms with Crippen molar-refractivity contribution in [3.05, 3.63) is 35.1 Å². The lowest BCUT2D eigenvalue weighted by atomic mass is 10.1. The number of likely N-dealkylation sites (tertiary alicyclic amines) is 1. The molecular formula is C12H14FNO. The molecule has 0 bridgehead atoms. The molecule has 0 N–H and O–H groups in total. The topological polar surface area (TPSA) is 20.3 Å². The van der Waals surface area contributed by atoms with Gasteiger partial charge in [0.25, 0.3) is 0 Å². The van der Waals surface area contributed by atoms with Gasteiger partial charge in [0.1, 0.15) is 5.82 Å². The van der Waals surface area contributed by atoms with Gasteiger partial charge in [-0.3, -0.25) is 9.69 Å². The quantitative estimate of drug-likeness (QED) is 0.707. The molecule has 15 heavy (non-hydrogen) atoms. The van der Waals surface area contributed by atoms with Crippen LogP contribution < -0.4 is 0 Å². The first-order chi connectivity index (χ1) is 7.15. The second-order valence-corrected chi connectivity index (χ2v) is 4.07. The molecule has 0 unspecified atom stereocenters. The van der Waals surface area contributed by atoms with E-state index in [9.17, 15) is 9.18 Å². The molecule has 0 aromatic heterocycles. The van der Waals surface area contributed by atoms with E-state index in [1.807, 2.05) is 0 Å². The van der Waals surface area contributed by atoms with Crippen LogP contribution in [0.2, 0.25) is 0 Å². The Morgan fingerprint density at radius 3 is 2.67 bits per heavy atom. The molecule has 0 atom stereocenters. The van der Waals surface area contributed by atoms with Gasteiger partial charge in [0.15, 0.2) is 5.78 Å². The van der Waals surface area contributed by atoms with Gasteiger partial charge in [-0.2, -0.15) is 0 Å². The van der Waals surface area contributed by atoms with Crippen LogP contribution in [0.3, 0.4) is 0 Å². The van der Waals surface area contributed by atoms with E-state index in [1.165, 1.54) is 12.1 Å². The van der Waals surface area contributed by atoms with Crippen molar-refractivity contribution in [2.75, 3.05) is 19.6 Å². The maximum Gasteiger partial charge on any atom is 0.176 e. The van der Waals surface area contributed by atoms with Gasteiger partial charge >= 0.3 is 0 Å². The largest absolute Gasteiger partial charge is 0.296 e. The summed E-state index contributed by atoms with van der Waals surface area (Å²) in [6, 6.07) is 4.49. The predicted molar refractivity (Wildman–Crippen MR) is 56.5 cm³/mol. The SMILES string of the molecule is Cc1cc(F)cc(C(=O)CN2CCC2)c1. The number of rotatable bonds is 3. The number of carbonyl (C=O) groups is 1. The third-order valence-corrected chi connectivity index (χ3v) is 2.68. The van der Waals surface area contributed by atoms with Gasteiger partial charge in [-0.15, -0.1) is 0 Å². The molecule has 0 spiro atoms. The fourth-order valence-corrected chi connectivity index (χ4v) is 1.73. The van der Waals surface area contributed by atoms with Gasteiger partial charge in [0, 0.05) is 5.56 Å². The van der Waals surface area contributed by atoms with Crippen molar-refractivity contribution in [1.82, 2.24) is 4.90 Å². The van der Waals surface area contributed by atoms with Crippen LogP contribution >= 0.6 is 0 Å². The fourth-order valence-electron chi connectivity index (χ4n) is 1.73. The fraction of sp³-hybridized carbons (Fsp3) is 0.417. The summed E-state index contributed by atoms with van der Waals surface area (Å²) in [5.74, 6) is -0.320. The molecule has 2 nitrogen and oxygen atoms in total. The minimum atomic E-state index is -0.332. The van der Waals surface area contributed by atoms with Crippen LogP contribution in [0, 0.1) is 12.7 Å². The average molecular weight is 207 g/mol. The average Bonchev–Trinajstić information content (AvgIpc) is 2.09. The molecule has 2 rings (SSSR count). The van der Waals surface area contributed by atoms with Gasteiger partial charge in [-0.05, 0) is 50.2 Å². The first-order valence-electron chi connectivity index (χ1n) is 5.18. The highest BCUT2D eigenvalue weighted by molar-refractivity contribution is 5.97. The van der Waals surface area contributed by atoms with E-state index in [4.69, 9.17) is 0 Å². The molecule has 1 aliphatic heterocycles. The molecule has 0 aliphatic carbocycles. The van der Waals surface area contributed by atoms with Crippen LogP contribution in [-0.2, 0) is 0 Å². The molecule has 1 aromatic rings. The molecule has 1 aromatic carbocycles. The first-order valence-corrected chi connectivity index (χ1v) is 5.18. The summed E-state index contributed by atoms with van der Waals surface area (Å²) in [4.78, 5) is 13.8. The normalized spacial score (nSPS) is 16.1. The Bertz CT molecular complexity index is 365. The summed E-state index contributed by atoms with van der Waals surface area (Å²) in [7, 11) is 0. The number of halogens is 1. The number of Topliss-reactive ketones (excluding diaryl/α,β-unsaturated/α-hetero) is 1. The zero-order valence-electron chi connectivity index (χ0n) is 8.79. The van der Waals surface area contributed by atoms with Crippen molar-refractivity contribution >= 4 is 5.78 Å². The number of hydrogen-bond acceptors (Lipinski definition) is 2. The lowest BCUT2D eigenvalue weighted by Crippen LogP contribution is -2.40. The lowest BCUT2D eigenvalue weighted by Gasteiger charge is -2.29. The zero-order valence-corrected chi connectivity index (χ0v) is 8.79. The second kappa shape index (κ2) is 4.11. The minimum absolute atomic E-state index is 0.0114. The van der Waals surface area contributed by atoms with Crippen LogP contribution in [0.15, 0.2) is 18.2 Å². The molecular weight excluding hydrogens is 193 g/mol. The Hall–Kier alpha value is -1.22. The monoisotopic (exact) mass is 207 g/mol. The van der Waals surface area contributed by atoms with Crippen LogP contribution in [-0.4, -0.2) is 30.3 Å². The van der Waals surface area contributed by atoms with Crippen molar-refractivity contribution in [2.45, 2.75) is 13.3 Å². The van der Waals surface area contributed by atoms with E-state index in [-0.39, 0.29) is 11.6 Å². The molecule has 1 heterocycles. The van der Waals surface area contributed by atoms with E-state index in [0.717, 1.165) is 25.1 Å². The van der Waals surface area contributed by atoms with Gasteiger partial charge in [-0.25, -0.2) is 4.39 Å². The zero-order chi connectivity index (χ0) is 10.8.